The predicted molar refractivity (Wildman–Crippen MR) is 93.0 cm³/mol. The standard InChI is InChI=1S/C17H12F6N2O2S/c1-8-4-9(6-11(5-8)17(21,22)23)14(27)25-15(28)24-12-7-10(16(18,19)20)2-3-13(12)26/h2-7,26H,1H3,(H2,24,25,27,28). The lowest BCUT2D eigenvalue weighted by molar-refractivity contribution is -0.138. The molecule has 0 unspecified atom stereocenters. The number of hydrogen-bond donors (Lipinski definition) is 3. The fourth-order valence-corrected chi connectivity index (χ4v) is 2.42. The fourth-order valence-electron chi connectivity index (χ4n) is 2.22. The molecule has 0 bridgehead atoms. The van der Waals surface area contributed by atoms with Crippen molar-refractivity contribution in [3.05, 3.63) is 58.7 Å². The Bertz CT molecular complexity index is 925. The number of anilines is 1. The largest absolute Gasteiger partial charge is 0.506 e. The van der Waals surface area contributed by atoms with Crippen LogP contribution >= 0.6 is 12.2 Å². The molecule has 0 aliphatic carbocycles. The van der Waals surface area contributed by atoms with E-state index in [1.165, 1.54) is 13.0 Å². The lowest BCUT2D eigenvalue weighted by Crippen LogP contribution is -2.34. The Balaban J connectivity index is 2.18. The van der Waals surface area contributed by atoms with E-state index < -0.39 is 45.9 Å². The fraction of sp³-hybridized carbons (Fsp3) is 0.176. The van der Waals surface area contributed by atoms with Crippen molar-refractivity contribution in [2.75, 3.05) is 5.32 Å². The van der Waals surface area contributed by atoms with Crippen LogP contribution in [-0.4, -0.2) is 16.1 Å². The van der Waals surface area contributed by atoms with Crippen LogP contribution in [-0.2, 0) is 12.4 Å². The summed E-state index contributed by atoms with van der Waals surface area (Å²) >= 11 is 4.79. The zero-order valence-corrected chi connectivity index (χ0v) is 14.8. The maximum absolute atomic E-state index is 12.9. The number of halogens is 6. The Hall–Kier alpha value is -2.82. The second-order valence-electron chi connectivity index (χ2n) is 5.72. The molecule has 0 aliphatic heterocycles. The Labute approximate surface area is 160 Å². The molecule has 0 fully saturated rings. The van der Waals surface area contributed by atoms with Gasteiger partial charge in [-0.25, -0.2) is 0 Å². The Morgan fingerprint density at radius 2 is 1.57 bits per heavy atom. The molecular formula is C17H12F6N2O2S. The third-order valence-corrected chi connectivity index (χ3v) is 3.67. The maximum Gasteiger partial charge on any atom is 0.416 e. The predicted octanol–water partition coefficient (Wildman–Crippen LogP) is 4.87. The Kier molecular flexibility index (Phi) is 5.88. The van der Waals surface area contributed by atoms with Crippen LogP contribution in [0.2, 0.25) is 0 Å². The van der Waals surface area contributed by atoms with E-state index in [9.17, 15) is 36.2 Å². The summed E-state index contributed by atoms with van der Waals surface area (Å²) in [5.74, 6) is -1.57. The highest BCUT2D eigenvalue weighted by atomic mass is 32.1. The molecule has 3 N–H and O–H groups in total. The summed E-state index contributed by atoms with van der Waals surface area (Å²) in [6.07, 6.45) is -9.34. The van der Waals surface area contributed by atoms with Gasteiger partial charge < -0.3 is 10.4 Å². The van der Waals surface area contributed by atoms with Crippen molar-refractivity contribution in [1.29, 1.82) is 0 Å². The first-order valence-corrected chi connectivity index (χ1v) is 7.89. The molecule has 0 atom stereocenters. The van der Waals surface area contributed by atoms with Crippen molar-refractivity contribution in [3.63, 3.8) is 0 Å². The number of alkyl halides is 6. The van der Waals surface area contributed by atoms with E-state index >= 15 is 0 Å². The molecule has 0 radical (unpaired) electrons. The van der Waals surface area contributed by atoms with Crippen LogP contribution in [0.5, 0.6) is 5.75 Å². The first kappa shape index (κ1) is 21.5. The summed E-state index contributed by atoms with van der Waals surface area (Å²) in [6, 6.07) is 4.66. The molecule has 1 amide bonds. The number of rotatable bonds is 2. The summed E-state index contributed by atoms with van der Waals surface area (Å²) in [5.41, 5.74) is -2.71. The van der Waals surface area contributed by atoms with Gasteiger partial charge in [0.1, 0.15) is 5.75 Å². The summed E-state index contributed by atoms with van der Waals surface area (Å²) < 4.78 is 76.8. The molecule has 0 saturated heterocycles. The van der Waals surface area contributed by atoms with E-state index in [1.807, 2.05) is 0 Å². The number of amides is 1. The molecule has 28 heavy (non-hydrogen) atoms. The smallest absolute Gasteiger partial charge is 0.416 e. The van der Waals surface area contributed by atoms with Gasteiger partial charge in [-0.3, -0.25) is 10.1 Å². The minimum absolute atomic E-state index is 0.175. The van der Waals surface area contributed by atoms with Crippen LogP contribution in [0.4, 0.5) is 32.0 Å². The second-order valence-corrected chi connectivity index (χ2v) is 6.13. The minimum atomic E-state index is -4.68. The van der Waals surface area contributed by atoms with Crippen LogP contribution in [0.25, 0.3) is 0 Å². The van der Waals surface area contributed by atoms with Gasteiger partial charge in [0.25, 0.3) is 5.91 Å². The number of aromatic hydroxyl groups is 1. The van der Waals surface area contributed by atoms with Gasteiger partial charge in [0.2, 0.25) is 0 Å². The maximum atomic E-state index is 12.9. The van der Waals surface area contributed by atoms with Crippen molar-refractivity contribution < 1.29 is 36.2 Å². The zero-order chi connectivity index (χ0) is 21.3. The van der Waals surface area contributed by atoms with Crippen molar-refractivity contribution in [2.24, 2.45) is 0 Å². The van der Waals surface area contributed by atoms with Crippen LogP contribution < -0.4 is 10.6 Å². The van der Waals surface area contributed by atoms with Gasteiger partial charge in [-0.15, -0.1) is 0 Å². The lowest BCUT2D eigenvalue weighted by atomic mass is 10.1. The quantitative estimate of drug-likeness (QED) is 0.367. The molecule has 2 aromatic rings. The van der Waals surface area contributed by atoms with E-state index in [-0.39, 0.29) is 11.1 Å². The average Bonchev–Trinajstić information content (AvgIpc) is 2.54. The third kappa shape index (κ3) is 5.35. The normalized spacial score (nSPS) is 11.8. The van der Waals surface area contributed by atoms with E-state index in [2.05, 4.69) is 10.6 Å². The summed E-state index contributed by atoms with van der Waals surface area (Å²) in [7, 11) is 0. The van der Waals surface area contributed by atoms with Crippen molar-refractivity contribution >= 4 is 28.9 Å². The molecule has 0 aromatic heterocycles. The van der Waals surface area contributed by atoms with E-state index in [0.29, 0.717) is 18.2 Å². The summed E-state index contributed by atoms with van der Waals surface area (Å²) in [5, 5.41) is 13.4. The van der Waals surface area contributed by atoms with Crippen LogP contribution in [0.15, 0.2) is 36.4 Å². The number of phenolic OH excluding ortho intramolecular Hbond substituents is 1. The monoisotopic (exact) mass is 422 g/mol. The first-order chi connectivity index (χ1) is 12.8. The van der Waals surface area contributed by atoms with Crippen LogP contribution in [0.3, 0.4) is 0 Å². The molecule has 4 nitrogen and oxygen atoms in total. The molecule has 2 aromatic carbocycles. The van der Waals surface area contributed by atoms with Crippen molar-refractivity contribution in [3.8, 4) is 5.75 Å². The molecule has 0 saturated carbocycles. The summed E-state index contributed by atoms with van der Waals surface area (Å²) in [6.45, 7) is 1.36. The molecule has 0 heterocycles. The molecular weight excluding hydrogens is 410 g/mol. The average molecular weight is 422 g/mol. The van der Waals surface area contributed by atoms with Crippen LogP contribution in [0.1, 0.15) is 27.0 Å². The van der Waals surface area contributed by atoms with E-state index in [0.717, 1.165) is 12.1 Å². The SMILES string of the molecule is Cc1cc(C(=O)NC(=S)Nc2cc(C(F)(F)F)ccc2O)cc(C(F)(F)F)c1. The molecule has 2 rings (SSSR count). The number of carbonyl (C=O) groups is 1. The van der Waals surface area contributed by atoms with E-state index in [1.54, 1.807) is 0 Å². The van der Waals surface area contributed by atoms with Crippen molar-refractivity contribution in [2.45, 2.75) is 19.3 Å². The molecule has 150 valence electrons. The number of thiocarbonyl (C=S) groups is 1. The third-order valence-electron chi connectivity index (χ3n) is 3.47. The number of nitrogens with one attached hydrogen (secondary N) is 2. The number of carbonyl (C=O) groups excluding carboxylic acids is 1. The number of benzene rings is 2. The van der Waals surface area contributed by atoms with Gasteiger partial charge in [0.15, 0.2) is 5.11 Å². The van der Waals surface area contributed by atoms with Gasteiger partial charge in [-0.1, -0.05) is 0 Å². The van der Waals surface area contributed by atoms with Gasteiger partial charge in [-0.05, 0) is 61.1 Å². The minimum Gasteiger partial charge on any atom is -0.506 e. The number of phenols is 1. The number of aryl methyl sites for hydroxylation is 1. The zero-order valence-electron chi connectivity index (χ0n) is 14.0. The highest BCUT2D eigenvalue weighted by molar-refractivity contribution is 7.80. The topological polar surface area (TPSA) is 61.4 Å². The van der Waals surface area contributed by atoms with Gasteiger partial charge in [0.05, 0.1) is 16.8 Å². The van der Waals surface area contributed by atoms with Gasteiger partial charge >= 0.3 is 12.4 Å². The molecule has 0 aliphatic rings. The van der Waals surface area contributed by atoms with Crippen LogP contribution in [0, 0.1) is 6.92 Å². The van der Waals surface area contributed by atoms with Crippen molar-refractivity contribution in [1.82, 2.24) is 5.32 Å². The van der Waals surface area contributed by atoms with Gasteiger partial charge in [0, 0.05) is 5.56 Å². The van der Waals surface area contributed by atoms with Gasteiger partial charge in [-0.2, -0.15) is 26.3 Å². The lowest BCUT2D eigenvalue weighted by Gasteiger charge is -2.14. The van der Waals surface area contributed by atoms with E-state index in [4.69, 9.17) is 12.2 Å². The highest BCUT2D eigenvalue weighted by Gasteiger charge is 2.32. The molecule has 0 spiro atoms. The summed E-state index contributed by atoms with van der Waals surface area (Å²) in [4.78, 5) is 12.1. The Morgan fingerprint density at radius 3 is 2.14 bits per heavy atom. The Morgan fingerprint density at radius 1 is 0.964 bits per heavy atom. The number of hydrogen-bond acceptors (Lipinski definition) is 3. The first-order valence-electron chi connectivity index (χ1n) is 7.49. The highest BCUT2D eigenvalue weighted by Crippen LogP contribution is 2.34. The second kappa shape index (κ2) is 7.66. The molecule has 11 heteroatoms.